The van der Waals surface area contributed by atoms with Crippen LogP contribution in [-0.2, 0) is 12.8 Å². The average molecular weight is 330 g/mol. The summed E-state index contributed by atoms with van der Waals surface area (Å²) in [6.45, 7) is 0. The molecule has 0 N–H and O–H groups in total. The molecule has 17 heavy (non-hydrogen) atoms. The van der Waals surface area contributed by atoms with Gasteiger partial charge in [0.1, 0.15) is 0 Å². The van der Waals surface area contributed by atoms with Gasteiger partial charge in [-0.1, -0.05) is 28.1 Å². The molecule has 3 heteroatoms. The summed E-state index contributed by atoms with van der Waals surface area (Å²) in [4.78, 5) is 0. The molecule has 1 aromatic carbocycles. The first-order chi connectivity index (χ1) is 8.28. The highest BCUT2D eigenvalue weighted by atomic mass is 79.9. The molecule has 0 saturated heterocycles. The topological polar surface area (TPSA) is 0 Å². The number of halogens is 2. The minimum Gasteiger partial charge on any atom is -0.152 e. The molecule has 0 amide bonds. The molecule has 2 aromatic rings. The Bertz CT molecular complexity index is 436. The van der Waals surface area contributed by atoms with Gasteiger partial charge in [0.2, 0.25) is 0 Å². The monoisotopic (exact) mass is 328 g/mol. The Morgan fingerprint density at radius 3 is 2.35 bits per heavy atom. The highest BCUT2D eigenvalue weighted by Gasteiger charge is 2.10. The van der Waals surface area contributed by atoms with E-state index in [9.17, 15) is 0 Å². The van der Waals surface area contributed by atoms with Crippen LogP contribution in [0.25, 0.3) is 0 Å². The largest absolute Gasteiger partial charge is 0.152 e. The first-order valence-electron chi connectivity index (χ1n) is 5.59. The van der Waals surface area contributed by atoms with Gasteiger partial charge in [-0.15, -0.1) is 11.6 Å². The molecule has 1 heterocycles. The summed E-state index contributed by atoms with van der Waals surface area (Å²) in [5.74, 6) is 1.23. The van der Waals surface area contributed by atoms with Crippen molar-refractivity contribution in [2.24, 2.45) is 5.92 Å². The van der Waals surface area contributed by atoms with Crippen molar-refractivity contribution in [3.63, 3.8) is 0 Å². The van der Waals surface area contributed by atoms with Crippen molar-refractivity contribution in [3.05, 3.63) is 56.7 Å². The summed E-state index contributed by atoms with van der Waals surface area (Å²) >= 11 is 11.3. The lowest BCUT2D eigenvalue weighted by Gasteiger charge is -2.13. The van der Waals surface area contributed by atoms with Crippen LogP contribution in [0.3, 0.4) is 0 Å². The van der Waals surface area contributed by atoms with E-state index in [1.165, 1.54) is 11.1 Å². The van der Waals surface area contributed by atoms with E-state index in [2.05, 4.69) is 57.0 Å². The van der Waals surface area contributed by atoms with Crippen LogP contribution >= 0.6 is 38.9 Å². The first kappa shape index (κ1) is 13.1. The average Bonchev–Trinajstić information content (AvgIpc) is 2.84. The molecule has 1 aromatic heterocycles. The third-order valence-electron chi connectivity index (χ3n) is 2.76. The smallest absolute Gasteiger partial charge is 0.0258 e. The molecule has 0 spiro atoms. The number of rotatable bonds is 5. The standard InChI is InChI=1S/C14H14BrClS/c15-14-3-1-11(2-4-14)7-13(9-16)8-12-5-6-17-10-12/h1-6,10,13H,7-9H2. The summed E-state index contributed by atoms with van der Waals surface area (Å²) in [6.07, 6.45) is 2.12. The Hall–Kier alpha value is -0.310. The van der Waals surface area contributed by atoms with Crippen molar-refractivity contribution in [3.8, 4) is 0 Å². The van der Waals surface area contributed by atoms with Crippen molar-refractivity contribution >= 4 is 38.9 Å². The minimum absolute atomic E-state index is 0.521. The van der Waals surface area contributed by atoms with E-state index in [4.69, 9.17) is 11.6 Å². The molecule has 0 saturated carbocycles. The highest BCUT2D eigenvalue weighted by molar-refractivity contribution is 9.10. The molecule has 0 aliphatic carbocycles. The van der Waals surface area contributed by atoms with Gasteiger partial charge in [0.05, 0.1) is 0 Å². The Morgan fingerprint density at radius 2 is 1.76 bits per heavy atom. The zero-order valence-corrected chi connectivity index (χ0v) is 12.6. The molecule has 0 radical (unpaired) electrons. The zero-order valence-electron chi connectivity index (χ0n) is 9.40. The van der Waals surface area contributed by atoms with Gasteiger partial charge in [0, 0.05) is 10.4 Å². The molecule has 90 valence electrons. The SMILES string of the molecule is ClCC(Cc1ccc(Br)cc1)Cc1ccsc1. The second-order valence-electron chi connectivity index (χ2n) is 4.19. The molecule has 0 aliphatic heterocycles. The van der Waals surface area contributed by atoms with Crippen LogP contribution in [0.1, 0.15) is 11.1 Å². The third-order valence-corrected chi connectivity index (χ3v) is 4.46. The molecule has 1 atom stereocenters. The highest BCUT2D eigenvalue weighted by Crippen LogP contribution is 2.19. The lowest BCUT2D eigenvalue weighted by atomic mass is 9.95. The van der Waals surface area contributed by atoms with Crippen LogP contribution in [0.5, 0.6) is 0 Å². The predicted octanol–water partition coefficient (Wildman–Crippen LogP) is 5.15. The van der Waals surface area contributed by atoms with Crippen molar-refractivity contribution in [1.29, 1.82) is 0 Å². The molecule has 0 aliphatic rings. The maximum absolute atomic E-state index is 6.06. The molecule has 0 nitrogen and oxygen atoms in total. The summed E-state index contributed by atoms with van der Waals surface area (Å²) in [5.41, 5.74) is 2.76. The second kappa shape index (κ2) is 6.58. The number of benzene rings is 1. The predicted molar refractivity (Wildman–Crippen MR) is 80.1 cm³/mol. The van der Waals surface area contributed by atoms with E-state index in [1.54, 1.807) is 11.3 Å². The number of thiophene rings is 1. The fraction of sp³-hybridized carbons (Fsp3) is 0.286. The van der Waals surface area contributed by atoms with Crippen molar-refractivity contribution in [1.82, 2.24) is 0 Å². The normalized spacial score (nSPS) is 12.6. The van der Waals surface area contributed by atoms with Crippen molar-refractivity contribution in [2.45, 2.75) is 12.8 Å². The van der Waals surface area contributed by atoms with Gasteiger partial charge >= 0.3 is 0 Å². The molecule has 2 rings (SSSR count). The summed E-state index contributed by atoms with van der Waals surface area (Å²) < 4.78 is 1.13. The van der Waals surface area contributed by atoms with Gasteiger partial charge in [-0.25, -0.2) is 0 Å². The van der Waals surface area contributed by atoms with E-state index in [0.29, 0.717) is 11.8 Å². The van der Waals surface area contributed by atoms with E-state index in [-0.39, 0.29) is 0 Å². The summed E-state index contributed by atoms with van der Waals surface area (Å²) in [6, 6.07) is 10.7. The Morgan fingerprint density at radius 1 is 1.06 bits per heavy atom. The van der Waals surface area contributed by atoms with E-state index < -0.39 is 0 Å². The number of alkyl halides is 1. The number of hydrogen-bond donors (Lipinski definition) is 0. The van der Waals surface area contributed by atoms with Crippen LogP contribution in [0.15, 0.2) is 45.6 Å². The lowest BCUT2D eigenvalue weighted by molar-refractivity contribution is 0.585. The van der Waals surface area contributed by atoms with Crippen LogP contribution in [-0.4, -0.2) is 5.88 Å². The maximum Gasteiger partial charge on any atom is 0.0258 e. The summed E-state index contributed by atoms with van der Waals surface area (Å²) in [5, 5.41) is 4.33. The second-order valence-corrected chi connectivity index (χ2v) is 6.19. The van der Waals surface area contributed by atoms with Crippen LogP contribution in [0.4, 0.5) is 0 Å². The van der Waals surface area contributed by atoms with E-state index >= 15 is 0 Å². The Labute approximate surface area is 120 Å². The van der Waals surface area contributed by atoms with Gasteiger partial charge in [-0.05, 0) is 58.8 Å². The first-order valence-corrected chi connectivity index (χ1v) is 7.86. The number of hydrogen-bond acceptors (Lipinski definition) is 1. The van der Waals surface area contributed by atoms with Crippen LogP contribution in [0, 0.1) is 5.92 Å². The molecule has 1 unspecified atom stereocenters. The lowest BCUT2D eigenvalue weighted by Crippen LogP contribution is -2.09. The van der Waals surface area contributed by atoms with Gasteiger partial charge in [0.15, 0.2) is 0 Å². The van der Waals surface area contributed by atoms with Gasteiger partial charge < -0.3 is 0 Å². The Kier molecular flexibility index (Phi) is 5.08. The molecule has 0 bridgehead atoms. The maximum atomic E-state index is 6.06. The molecule has 0 fully saturated rings. The van der Waals surface area contributed by atoms with Gasteiger partial charge in [-0.2, -0.15) is 11.3 Å². The molecular weight excluding hydrogens is 316 g/mol. The van der Waals surface area contributed by atoms with Crippen LogP contribution in [0.2, 0.25) is 0 Å². The van der Waals surface area contributed by atoms with Crippen molar-refractivity contribution in [2.75, 3.05) is 5.88 Å². The van der Waals surface area contributed by atoms with E-state index in [1.807, 2.05) is 0 Å². The van der Waals surface area contributed by atoms with Crippen molar-refractivity contribution < 1.29 is 0 Å². The van der Waals surface area contributed by atoms with Crippen LogP contribution < -0.4 is 0 Å². The third kappa shape index (κ3) is 4.13. The minimum atomic E-state index is 0.521. The van der Waals surface area contributed by atoms with Gasteiger partial charge in [0.25, 0.3) is 0 Å². The fourth-order valence-electron chi connectivity index (χ4n) is 1.88. The quantitative estimate of drug-likeness (QED) is 0.665. The van der Waals surface area contributed by atoms with E-state index in [0.717, 1.165) is 17.3 Å². The van der Waals surface area contributed by atoms with Gasteiger partial charge in [-0.3, -0.25) is 0 Å². The zero-order chi connectivity index (χ0) is 12.1. The fourth-order valence-corrected chi connectivity index (χ4v) is 3.04. The summed E-state index contributed by atoms with van der Waals surface area (Å²) in [7, 11) is 0. The molecular formula is C14H14BrClS. The Balaban J connectivity index is 1.97.